The van der Waals surface area contributed by atoms with Crippen LogP contribution in [-0.4, -0.2) is 5.97 Å². The molecule has 0 radical (unpaired) electrons. The van der Waals surface area contributed by atoms with Crippen molar-refractivity contribution in [3.05, 3.63) is 28.2 Å². The van der Waals surface area contributed by atoms with Crippen LogP contribution in [0.3, 0.4) is 0 Å². The van der Waals surface area contributed by atoms with Gasteiger partial charge in [0.05, 0.1) is 10.0 Å². The van der Waals surface area contributed by atoms with Crippen molar-refractivity contribution in [1.82, 2.24) is 0 Å². The summed E-state index contributed by atoms with van der Waals surface area (Å²) in [5.41, 5.74) is 0. The third-order valence-corrected chi connectivity index (χ3v) is 4.09. The molecule has 0 unspecified atom stereocenters. The van der Waals surface area contributed by atoms with E-state index in [1.165, 1.54) is 25.7 Å². The zero-order valence-corrected chi connectivity index (χ0v) is 11.6. The second-order valence-electron chi connectivity index (χ2n) is 4.74. The lowest BCUT2D eigenvalue weighted by atomic mass is 10.0. The minimum Gasteiger partial charge on any atom is -0.426 e. The Bertz CT molecular complexity index is 426. The number of halogens is 2. The van der Waals surface area contributed by atoms with Gasteiger partial charge in [-0.3, -0.25) is 4.79 Å². The fourth-order valence-electron chi connectivity index (χ4n) is 2.34. The number of hydrogen-bond donors (Lipinski definition) is 0. The van der Waals surface area contributed by atoms with Gasteiger partial charge in [-0.05, 0) is 24.5 Å². The summed E-state index contributed by atoms with van der Waals surface area (Å²) in [4.78, 5) is 11.7. The summed E-state index contributed by atoms with van der Waals surface area (Å²) in [6, 6.07) is 4.85. The maximum atomic E-state index is 11.7. The minimum atomic E-state index is -0.194. The van der Waals surface area contributed by atoms with E-state index < -0.39 is 0 Å². The van der Waals surface area contributed by atoms with Crippen LogP contribution < -0.4 is 4.74 Å². The molecule has 0 atom stereocenters. The van der Waals surface area contributed by atoms with Gasteiger partial charge >= 0.3 is 5.97 Å². The largest absolute Gasteiger partial charge is 0.426 e. The monoisotopic (exact) mass is 286 g/mol. The molecule has 18 heavy (non-hydrogen) atoms. The van der Waals surface area contributed by atoms with Crippen LogP contribution in [-0.2, 0) is 4.79 Å². The van der Waals surface area contributed by atoms with Gasteiger partial charge in [0.25, 0.3) is 0 Å². The van der Waals surface area contributed by atoms with Crippen LogP contribution >= 0.6 is 23.2 Å². The number of ether oxygens (including phenoxy) is 1. The summed E-state index contributed by atoms with van der Waals surface area (Å²) in [5.74, 6) is 0.965. The topological polar surface area (TPSA) is 26.3 Å². The van der Waals surface area contributed by atoms with Crippen molar-refractivity contribution in [2.24, 2.45) is 5.92 Å². The summed E-state index contributed by atoms with van der Waals surface area (Å²) in [5, 5.41) is 0.861. The van der Waals surface area contributed by atoms with Gasteiger partial charge < -0.3 is 4.74 Å². The molecule has 1 fully saturated rings. The first-order valence-corrected chi connectivity index (χ1v) is 7.06. The number of carbonyl (C=O) groups excluding carboxylic acids is 1. The van der Waals surface area contributed by atoms with Crippen LogP contribution in [0, 0.1) is 5.92 Å². The van der Waals surface area contributed by atoms with Gasteiger partial charge in [-0.2, -0.15) is 0 Å². The SMILES string of the molecule is O=C(CCC1CCCC1)Oc1ccc(Cl)c(Cl)c1. The van der Waals surface area contributed by atoms with Crippen molar-refractivity contribution in [3.8, 4) is 5.75 Å². The van der Waals surface area contributed by atoms with E-state index in [4.69, 9.17) is 27.9 Å². The smallest absolute Gasteiger partial charge is 0.311 e. The molecule has 98 valence electrons. The normalized spacial score (nSPS) is 15.9. The molecular formula is C14H16Cl2O2. The van der Waals surface area contributed by atoms with Crippen LogP contribution in [0.5, 0.6) is 5.75 Å². The Kier molecular flexibility index (Phi) is 4.90. The highest BCUT2D eigenvalue weighted by molar-refractivity contribution is 6.42. The maximum absolute atomic E-state index is 11.7. The molecule has 0 spiro atoms. The van der Waals surface area contributed by atoms with Crippen LogP contribution in [0.25, 0.3) is 0 Å². The van der Waals surface area contributed by atoms with Crippen LogP contribution in [0.2, 0.25) is 10.0 Å². The highest BCUT2D eigenvalue weighted by Gasteiger charge is 2.17. The van der Waals surface area contributed by atoms with E-state index in [-0.39, 0.29) is 5.97 Å². The first kappa shape index (κ1) is 13.7. The number of hydrogen-bond acceptors (Lipinski definition) is 2. The van der Waals surface area contributed by atoms with E-state index >= 15 is 0 Å². The molecule has 1 aromatic carbocycles. The Balaban J connectivity index is 1.80. The molecule has 2 rings (SSSR count). The van der Waals surface area contributed by atoms with E-state index in [1.807, 2.05) is 0 Å². The fourth-order valence-corrected chi connectivity index (χ4v) is 2.63. The summed E-state index contributed by atoms with van der Waals surface area (Å²) >= 11 is 11.6. The van der Waals surface area contributed by atoms with Crippen molar-refractivity contribution in [3.63, 3.8) is 0 Å². The van der Waals surface area contributed by atoms with Gasteiger partial charge in [0.15, 0.2) is 0 Å². The van der Waals surface area contributed by atoms with Crippen molar-refractivity contribution in [2.75, 3.05) is 0 Å². The van der Waals surface area contributed by atoms with E-state index in [9.17, 15) is 4.79 Å². The molecule has 1 saturated carbocycles. The summed E-state index contributed by atoms with van der Waals surface area (Å²) in [6.45, 7) is 0. The van der Waals surface area contributed by atoms with Crippen molar-refractivity contribution in [1.29, 1.82) is 0 Å². The van der Waals surface area contributed by atoms with Crippen LogP contribution in [0.1, 0.15) is 38.5 Å². The molecule has 4 heteroatoms. The van der Waals surface area contributed by atoms with Gasteiger partial charge in [0.2, 0.25) is 0 Å². The second-order valence-corrected chi connectivity index (χ2v) is 5.55. The zero-order chi connectivity index (χ0) is 13.0. The third kappa shape index (κ3) is 3.89. The Labute approximate surface area is 117 Å². The third-order valence-electron chi connectivity index (χ3n) is 3.35. The molecule has 0 saturated heterocycles. The predicted molar refractivity (Wildman–Crippen MR) is 73.3 cm³/mol. The van der Waals surface area contributed by atoms with Crippen molar-refractivity contribution in [2.45, 2.75) is 38.5 Å². The molecule has 0 amide bonds. The van der Waals surface area contributed by atoms with Gasteiger partial charge in [0.1, 0.15) is 5.75 Å². The number of esters is 1. The highest BCUT2D eigenvalue weighted by atomic mass is 35.5. The Morgan fingerprint density at radius 2 is 1.94 bits per heavy atom. The van der Waals surface area contributed by atoms with E-state index in [1.54, 1.807) is 18.2 Å². The average Bonchev–Trinajstić information content (AvgIpc) is 2.84. The molecule has 0 heterocycles. The molecule has 0 N–H and O–H groups in total. The van der Waals surface area contributed by atoms with Gasteiger partial charge in [-0.15, -0.1) is 0 Å². The fraction of sp³-hybridized carbons (Fsp3) is 0.500. The Morgan fingerprint density at radius 3 is 2.61 bits per heavy atom. The van der Waals surface area contributed by atoms with E-state index in [2.05, 4.69) is 0 Å². The number of benzene rings is 1. The lowest BCUT2D eigenvalue weighted by molar-refractivity contribution is -0.134. The number of carbonyl (C=O) groups is 1. The van der Waals surface area contributed by atoms with Crippen molar-refractivity contribution >= 4 is 29.2 Å². The van der Waals surface area contributed by atoms with Crippen LogP contribution in [0.15, 0.2) is 18.2 Å². The molecule has 1 aliphatic rings. The van der Waals surface area contributed by atoms with Gasteiger partial charge in [-0.25, -0.2) is 0 Å². The predicted octanol–water partition coefficient (Wildman–Crippen LogP) is 4.87. The molecule has 1 aliphatic carbocycles. The minimum absolute atomic E-state index is 0.194. The molecular weight excluding hydrogens is 271 g/mol. The first-order valence-electron chi connectivity index (χ1n) is 6.31. The van der Waals surface area contributed by atoms with E-state index in [0.29, 0.717) is 28.1 Å². The molecule has 0 bridgehead atoms. The van der Waals surface area contributed by atoms with Gasteiger partial charge in [-0.1, -0.05) is 48.9 Å². The first-order chi connectivity index (χ1) is 8.65. The molecule has 1 aromatic rings. The lowest BCUT2D eigenvalue weighted by Gasteiger charge is -2.08. The average molecular weight is 287 g/mol. The van der Waals surface area contributed by atoms with Crippen molar-refractivity contribution < 1.29 is 9.53 Å². The highest BCUT2D eigenvalue weighted by Crippen LogP contribution is 2.29. The quantitative estimate of drug-likeness (QED) is 0.583. The number of rotatable bonds is 4. The molecule has 0 aliphatic heterocycles. The van der Waals surface area contributed by atoms with Gasteiger partial charge in [0, 0.05) is 12.5 Å². The molecule has 0 aromatic heterocycles. The van der Waals surface area contributed by atoms with E-state index in [0.717, 1.165) is 6.42 Å². The summed E-state index contributed by atoms with van der Waals surface area (Å²) in [6.07, 6.45) is 6.50. The standard InChI is InChI=1S/C14H16Cl2O2/c15-12-7-6-11(9-13(12)16)18-14(17)8-5-10-3-1-2-4-10/h6-7,9-10H,1-5,8H2. The Morgan fingerprint density at radius 1 is 1.22 bits per heavy atom. The zero-order valence-electron chi connectivity index (χ0n) is 10.1. The maximum Gasteiger partial charge on any atom is 0.311 e. The lowest BCUT2D eigenvalue weighted by Crippen LogP contribution is -2.09. The second kappa shape index (κ2) is 6.44. The summed E-state index contributed by atoms with van der Waals surface area (Å²) in [7, 11) is 0. The molecule has 2 nitrogen and oxygen atoms in total. The summed E-state index contributed by atoms with van der Waals surface area (Å²) < 4.78 is 5.23. The Hall–Kier alpha value is -0.730. The van der Waals surface area contributed by atoms with Crippen LogP contribution in [0.4, 0.5) is 0 Å².